The quantitative estimate of drug-likeness (QED) is 0.755. The molecule has 2 fully saturated rings. The van der Waals surface area contributed by atoms with Crippen LogP contribution in [-0.4, -0.2) is 56.5 Å². The number of benzene rings is 2. The topological polar surface area (TPSA) is 77.3 Å². The number of nitrogens with zero attached hydrogens (tertiary/aromatic N) is 2. The summed E-state index contributed by atoms with van der Waals surface area (Å²) in [6.45, 7) is 3.16. The maximum absolute atomic E-state index is 12.3. The number of piperidine rings is 1. The van der Waals surface area contributed by atoms with E-state index in [4.69, 9.17) is 19.9 Å². The van der Waals surface area contributed by atoms with Gasteiger partial charge in [-0.15, -0.1) is 0 Å². The molecule has 2 N–H and O–H groups in total. The van der Waals surface area contributed by atoms with E-state index in [0.717, 1.165) is 55.3 Å². The van der Waals surface area contributed by atoms with Crippen molar-refractivity contribution in [2.75, 3.05) is 43.9 Å². The van der Waals surface area contributed by atoms with Gasteiger partial charge in [0.15, 0.2) is 0 Å². The molecule has 2 aliphatic rings. The first kappa shape index (κ1) is 19.4. The van der Waals surface area contributed by atoms with Crippen LogP contribution in [0.15, 0.2) is 48.5 Å². The lowest BCUT2D eigenvalue weighted by Crippen LogP contribution is -2.42. The van der Waals surface area contributed by atoms with E-state index in [1.54, 1.807) is 12.0 Å². The van der Waals surface area contributed by atoms with Crippen LogP contribution in [0, 0.1) is 0 Å². The minimum atomic E-state index is -0.290. The minimum Gasteiger partial charge on any atom is -0.497 e. The minimum absolute atomic E-state index is 0.126. The third-order valence-electron chi connectivity index (χ3n) is 5.44. The van der Waals surface area contributed by atoms with Gasteiger partial charge in [0.2, 0.25) is 0 Å². The standard InChI is InChI=1S/C22H27N3O4/c1-27-18-8-4-17(5-9-18)25-15-21(29-22(25)26)14-24-12-10-20(11-13-24)28-19-6-2-16(23)3-7-19/h2-9,20-21H,10-15,23H2,1H3. The molecule has 0 aromatic heterocycles. The van der Waals surface area contributed by atoms with Gasteiger partial charge < -0.3 is 19.9 Å². The summed E-state index contributed by atoms with van der Waals surface area (Å²) in [6.07, 6.45) is 1.69. The summed E-state index contributed by atoms with van der Waals surface area (Å²) in [5.41, 5.74) is 7.28. The van der Waals surface area contributed by atoms with Crippen LogP contribution in [0.3, 0.4) is 0 Å². The highest BCUT2D eigenvalue weighted by atomic mass is 16.6. The Morgan fingerprint density at radius 2 is 1.69 bits per heavy atom. The van der Waals surface area contributed by atoms with Gasteiger partial charge in [-0.3, -0.25) is 9.80 Å². The van der Waals surface area contributed by atoms with Crippen molar-refractivity contribution < 1.29 is 19.0 Å². The fraction of sp³-hybridized carbons (Fsp3) is 0.409. The van der Waals surface area contributed by atoms with E-state index >= 15 is 0 Å². The molecule has 1 amide bonds. The van der Waals surface area contributed by atoms with E-state index in [-0.39, 0.29) is 18.3 Å². The lowest BCUT2D eigenvalue weighted by atomic mass is 10.1. The molecular weight excluding hydrogens is 370 g/mol. The van der Waals surface area contributed by atoms with Crippen molar-refractivity contribution in [3.8, 4) is 11.5 Å². The van der Waals surface area contributed by atoms with E-state index in [0.29, 0.717) is 6.54 Å². The molecule has 1 atom stereocenters. The molecule has 7 heteroatoms. The first-order valence-electron chi connectivity index (χ1n) is 9.97. The average Bonchev–Trinajstić information content (AvgIpc) is 3.11. The third kappa shape index (κ3) is 4.74. The summed E-state index contributed by atoms with van der Waals surface area (Å²) in [5, 5.41) is 0. The largest absolute Gasteiger partial charge is 0.497 e. The van der Waals surface area contributed by atoms with Crippen LogP contribution in [0.1, 0.15) is 12.8 Å². The number of likely N-dealkylation sites (tertiary alicyclic amines) is 1. The highest BCUT2D eigenvalue weighted by Crippen LogP contribution is 2.25. The Kier molecular flexibility index (Phi) is 5.76. The zero-order valence-electron chi connectivity index (χ0n) is 16.6. The number of nitrogen functional groups attached to an aromatic ring is 1. The van der Waals surface area contributed by atoms with Gasteiger partial charge in [-0.1, -0.05) is 0 Å². The Labute approximate surface area is 170 Å². The first-order valence-corrected chi connectivity index (χ1v) is 9.97. The molecule has 2 aliphatic heterocycles. The number of cyclic esters (lactones) is 1. The molecule has 154 valence electrons. The molecule has 7 nitrogen and oxygen atoms in total. The highest BCUT2D eigenvalue weighted by Gasteiger charge is 2.34. The van der Waals surface area contributed by atoms with Crippen molar-refractivity contribution in [1.82, 2.24) is 4.90 Å². The number of carbonyl (C=O) groups excluding carboxylic acids is 1. The normalized spacial score (nSPS) is 20.5. The molecule has 0 saturated carbocycles. The Morgan fingerprint density at radius 3 is 2.34 bits per heavy atom. The van der Waals surface area contributed by atoms with Gasteiger partial charge in [0.05, 0.1) is 13.7 Å². The van der Waals surface area contributed by atoms with Gasteiger partial charge in [-0.05, 0) is 61.4 Å². The predicted octanol–water partition coefficient (Wildman–Crippen LogP) is 3.15. The van der Waals surface area contributed by atoms with Gasteiger partial charge in [0.25, 0.3) is 0 Å². The van der Waals surface area contributed by atoms with Gasteiger partial charge in [0, 0.05) is 31.0 Å². The molecule has 0 spiro atoms. The number of ether oxygens (including phenoxy) is 3. The van der Waals surface area contributed by atoms with E-state index in [9.17, 15) is 4.79 Å². The number of methoxy groups -OCH3 is 1. The highest BCUT2D eigenvalue weighted by molar-refractivity contribution is 5.89. The first-order chi connectivity index (χ1) is 14.1. The van der Waals surface area contributed by atoms with Crippen molar-refractivity contribution in [3.05, 3.63) is 48.5 Å². The maximum Gasteiger partial charge on any atom is 0.414 e. The second kappa shape index (κ2) is 8.61. The molecule has 29 heavy (non-hydrogen) atoms. The summed E-state index contributed by atoms with van der Waals surface area (Å²) in [4.78, 5) is 16.3. The number of amides is 1. The van der Waals surface area contributed by atoms with Gasteiger partial charge in [0.1, 0.15) is 23.7 Å². The van der Waals surface area contributed by atoms with Gasteiger partial charge in [-0.2, -0.15) is 0 Å². The molecule has 2 aromatic carbocycles. The van der Waals surface area contributed by atoms with Gasteiger partial charge in [-0.25, -0.2) is 4.79 Å². The Morgan fingerprint density at radius 1 is 1.03 bits per heavy atom. The van der Waals surface area contributed by atoms with Crippen LogP contribution < -0.4 is 20.1 Å². The molecule has 0 aliphatic carbocycles. The zero-order valence-corrected chi connectivity index (χ0v) is 16.6. The third-order valence-corrected chi connectivity index (χ3v) is 5.44. The summed E-state index contributed by atoms with van der Waals surface area (Å²) >= 11 is 0. The van der Waals surface area contributed by atoms with Crippen molar-refractivity contribution in [2.45, 2.75) is 25.0 Å². The summed E-state index contributed by atoms with van der Waals surface area (Å²) < 4.78 is 16.8. The second-order valence-corrected chi connectivity index (χ2v) is 7.50. The van der Waals surface area contributed by atoms with Gasteiger partial charge >= 0.3 is 6.09 Å². The molecule has 2 aromatic rings. The lowest BCUT2D eigenvalue weighted by molar-refractivity contribution is 0.0655. The molecule has 0 bridgehead atoms. The predicted molar refractivity (Wildman–Crippen MR) is 112 cm³/mol. The number of carbonyl (C=O) groups is 1. The van der Waals surface area contributed by atoms with Crippen molar-refractivity contribution in [1.29, 1.82) is 0 Å². The smallest absolute Gasteiger partial charge is 0.414 e. The number of hydrogen-bond acceptors (Lipinski definition) is 6. The number of hydrogen-bond donors (Lipinski definition) is 1. The van der Waals surface area contributed by atoms with E-state index < -0.39 is 0 Å². The summed E-state index contributed by atoms with van der Waals surface area (Å²) in [5.74, 6) is 1.62. The Hall–Kier alpha value is -2.93. The fourth-order valence-corrected chi connectivity index (χ4v) is 3.83. The Balaban J connectivity index is 1.25. The SMILES string of the molecule is COc1ccc(N2CC(CN3CCC(Oc4ccc(N)cc4)CC3)OC2=O)cc1. The van der Waals surface area contributed by atoms with E-state index in [1.807, 2.05) is 48.5 Å². The second-order valence-electron chi connectivity index (χ2n) is 7.50. The fourth-order valence-electron chi connectivity index (χ4n) is 3.83. The number of rotatable bonds is 6. The van der Waals surface area contributed by atoms with Crippen LogP contribution in [0.4, 0.5) is 16.2 Å². The molecule has 2 saturated heterocycles. The summed E-state index contributed by atoms with van der Waals surface area (Å²) in [6, 6.07) is 15.0. The number of nitrogens with two attached hydrogens (primary N) is 1. The molecular formula is C22H27N3O4. The Bertz CT molecular complexity index is 817. The van der Waals surface area contributed by atoms with Crippen LogP contribution in [0.25, 0.3) is 0 Å². The maximum atomic E-state index is 12.3. The van der Waals surface area contributed by atoms with Crippen LogP contribution in [0.5, 0.6) is 11.5 Å². The van der Waals surface area contributed by atoms with E-state index in [2.05, 4.69) is 4.90 Å². The molecule has 0 radical (unpaired) electrons. The van der Waals surface area contributed by atoms with E-state index in [1.165, 1.54) is 0 Å². The van der Waals surface area contributed by atoms with Crippen LogP contribution in [-0.2, 0) is 4.74 Å². The average molecular weight is 397 g/mol. The van der Waals surface area contributed by atoms with Crippen molar-refractivity contribution in [3.63, 3.8) is 0 Å². The van der Waals surface area contributed by atoms with Crippen LogP contribution in [0.2, 0.25) is 0 Å². The monoisotopic (exact) mass is 397 g/mol. The van der Waals surface area contributed by atoms with Crippen molar-refractivity contribution in [2.24, 2.45) is 0 Å². The van der Waals surface area contributed by atoms with Crippen molar-refractivity contribution >= 4 is 17.5 Å². The summed E-state index contributed by atoms with van der Waals surface area (Å²) in [7, 11) is 1.62. The zero-order chi connectivity index (χ0) is 20.2. The van der Waals surface area contributed by atoms with Crippen LogP contribution >= 0.6 is 0 Å². The molecule has 2 heterocycles. The lowest BCUT2D eigenvalue weighted by Gasteiger charge is -2.33. The molecule has 4 rings (SSSR count). The molecule has 1 unspecified atom stereocenters. The number of anilines is 2.